The molecule has 1 aliphatic rings. The molecule has 2 heterocycles. The number of rotatable bonds is 8. The maximum Gasteiger partial charge on any atom is 0.185 e. The normalized spacial score (nSPS) is 15.4. The Labute approximate surface area is 120 Å². The maximum absolute atomic E-state index is 5.27. The van der Waals surface area contributed by atoms with Crippen LogP contribution in [0, 0.1) is 0 Å². The summed E-state index contributed by atoms with van der Waals surface area (Å²) in [4.78, 5) is 8.50. The van der Waals surface area contributed by atoms with Gasteiger partial charge < -0.3 is 15.0 Å². The Balaban J connectivity index is 1.97. The van der Waals surface area contributed by atoms with Crippen molar-refractivity contribution in [3.63, 3.8) is 0 Å². The molecule has 1 aliphatic heterocycles. The predicted octanol–water partition coefficient (Wildman–Crippen LogP) is 2.78. The molecule has 1 N–H and O–H groups in total. The van der Waals surface area contributed by atoms with Gasteiger partial charge in [0, 0.05) is 31.6 Å². The third-order valence-corrected chi connectivity index (χ3v) is 4.58. The fraction of sp³-hybridized carbons (Fsp3) is 0.786. The largest absolute Gasteiger partial charge is 0.378 e. The van der Waals surface area contributed by atoms with Crippen molar-refractivity contribution in [2.24, 2.45) is 0 Å². The van der Waals surface area contributed by atoms with Crippen LogP contribution in [0.2, 0.25) is 0 Å². The van der Waals surface area contributed by atoms with Gasteiger partial charge in [0.15, 0.2) is 5.13 Å². The molecule has 0 amide bonds. The zero-order chi connectivity index (χ0) is 13.5. The number of thiazole rings is 1. The number of hydrogen-bond donors (Lipinski definition) is 1. The van der Waals surface area contributed by atoms with E-state index in [1.807, 2.05) is 11.3 Å². The van der Waals surface area contributed by atoms with E-state index in [0.717, 1.165) is 31.9 Å². The van der Waals surface area contributed by atoms with Crippen LogP contribution < -0.4 is 10.2 Å². The third kappa shape index (κ3) is 4.16. The predicted molar refractivity (Wildman–Crippen MR) is 80.9 cm³/mol. The molecule has 5 heteroatoms. The molecule has 0 radical (unpaired) electrons. The molecule has 19 heavy (non-hydrogen) atoms. The van der Waals surface area contributed by atoms with Gasteiger partial charge in [0.25, 0.3) is 0 Å². The highest BCUT2D eigenvalue weighted by molar-refractivity contribution is 7.15. The van der Waals surface area contributed by atoms with Crippen molar-refractivity contribution >= 4 is 16.5 Å². The molecule has 108 valence electrons. The van der Waals surface area contributed by atoms with Crippen LogP contribution >= 0.6 is 11.3 Å². The molecule has 0 aliphatic carbocycles. The zero-order valence-electron chi connectivity index (χ0n) is 12.1. The van der Waals surface area contributed by atoms with Crippen molar-refractivity contribution < 1.29 is 4.74 Å². The van der Waals surface area contributed by atoms with E-state index in [1.54, 1.807) is 7.11 Å². The number of unbranched alkanes of at least 4 members (excludes halogenated alkanes) is 1. The molecular formula is C14H25N3OS. The molecule has 1 saturated heterocycles. The van der Waals surface area contributed by atoms with E-state index in [1.165, 1.54) is 35.7 Å². The van der Waals surface area contributed by atoms with E-state index in [-0.39, 0.29) is 0 Å². The Morgan fingerprint density at radius 2 is 2.16 bits per heavy atom. The minimum Gasteiger partial charge on any atom is -0.378 e. The molecule has 0 saturated carbocycles. The van der Waals surface area contributed by atoms with Crippen molar-refractivity contribution in [2.45, 2.75) is 45.8 Å². The summed E-state index contributed by atoms with van der Waals surface area (Å²) in [6.07, 6.45) is 5.06. The monoisotopic (exact) mass is 283 g/mol. The average Bonchev–Trinajstić information content (AvgIpc) is 3.04. The highest BCUT2D eigenvalue weighted by Gasteiger charge is 2.18. The van der Waals surface area contributed by atoms with E-state index in [9.17, 15) is 0 Å². The summed E-state index contributed by atoms with van der Waals surface area (Å²) in [5, 5.41) is 4.68. The van der Waals surface area contributed by atoms with Gasteiger partial charge in [-0.1, -0.05) is 13.3 Å². The number of ether oxygens (including phenoxy) is 1. The molecular weight excluding hydrogens is 258 g/mol. The van der Waals surface area contributed by atoms with Crippen molar-refractivity contribution in [3.8, 4) is 0 Å². The van der Waals surface area contributed by atoms with Crippen molar-refractivity contribution in [2.75, 3.05) is 31.6 Å². The number of anilines is 1. The SMILES string of the molecule is CCCCNCc1sc(N2CCCC2)nc1COC. The zero-order valence-corrected chi connectivity index (χ0v) is 12.9. The average molecular weight is 283 g/mol. The van der Waals surface area contributed by atoms with Crippen LogP contribution in [0.25, 0.3) is 0 Å². The Hall–Kier alpha value is -0.650. The first-order valence-corrected chi connectivity index (χ1v) is 8.10. The first kappa shape index (κ1) is 14.8. The van der Waals surface area contributed by atoms with Gasteiger partial charge in [-0.05, 0) is 25.8 Å². The summed E-state index contributed by atoms with van der Waals surface area (Å²) in [6.45, 7) is 7.15. The molecule has 4 nitrogen and oxygen atoms in total. The third-order valence-electron chi connectivity index (χ3n) is 3.42. The Kier molecular flexibility index (Phi) is 6.07. The highest BCUT2D eigenvalue weighted by atomic mass is 32.1. The lowest BCUT2D eigenvalue weighted by atomic mass is 10.3. The molecule has 0 bridgehead atoms. The number of aromatic nitrogens is 1. The number of nitrogens with zero attached hydrogens (tertiary/aromatic N) is 2. The quantitative estimate of drug-likeness (QED) is 0.744. The lowest BCUT2D eigenvalue weighted by Gasteiger charge is -2.12. The van der Waals surface area contributed by atoms with Gasteiger partial charge in [-0.25, -0.2) is 4.98 Å². The Morgan fingerprint density at radius 1 is 1.37 bits per heavy atom. The second kappa shape index (κ2) is 7.82. The van der Waals surface area contributed by atoms with Crippen LogP contribution in [0.1, 0.15) is 43.2 Å². The van der Waals surface area contributed by atoms with Gasteiger partial charge in [0.2, 0.25) is 0 Å². The molecule has 0 aromatic carbocycles. The summed E-state index contributed by atoms with van der Waals surface area (Å²) in [6, 6.07) is 0. The summed E-state index contributed by atoms with van der Waals surface area (Å²) < 4.78 is 5.27. The summed E-state index contributed by atoms with van der Waals surface area (Å²) >= 11 is 1.83. The topological polar surface area (TPSA) is 37.4 Å². The van der Waals surface area contributed by atoms with Gasteiger partial charge in [0.1, 0.15) is 0 Å². The van der Waals surface area contributed by atoms with E-state index < -0.39 is 0 Å². The minimum atomic E-state index is 0.620. The fourth-order valence-electron chi connectivity index (χ4n) is 2.30. The van der Waals surface area contributed by atoms with Crippen LogP contribution in [0.15, 0.2) is 0 Å². The molecule has 0 spiro atoms. The standard InChI is InChI=1S/C14H25N3OS/c1-3-4-7-15-10-13-12(11-18-2)16-14(19-13)17-8-5-6-9-17/h15H,3-11H2,1-2H3. The summed E-state index contributed by atoms with van der Waals surface area (Å²) in [7, 11) is 1.74. The molecule has 1 aromatic heterocycles. The molecule has 0 unspecified atom stereocenters. The summed E-state index contributed by atoms with van der Waals surface area (Å²) in [5.74, 6) is 0. The number of hydrogen-bond acceptors (Lipinski definition) is 5. The number of methoxy groups -OCH3 is 1. The second-order valence-corrected chi connectivity index (χ2v) is 6.09. The molecule has 1 fully saturated rings. The Bertz CT molecular complexity index is 375. The van der Waals surface area contributed by atoms with Crippen LogP contribution in [-0.4, -0.2) is 31.7 Å². The second-order valence-electron chi connectivity index (χ2n) is 5.02. The Morgan fingerprint density at radius 3 is 2.84 bits per heavy atom. The highest BCUT2D eigenvalue weighted by Crippen LogP contribution is 2.29. The van der Waals surface area contributed by atoms with E-state index in [4.69, 9.17) is 9.72 Å². The van der Waals surface area contributed by atoms with Crippen LogP contribution in [0.5, 0.6) is 0 Å². The van der Waals surface area contributed by atoms with Crippen LogP contribution in [0.3, 0.4) is 0 Å². The molecule has 2 rings (SSSR count). The van der Waals surface area contributed by atoms with E-state index >= 15 is 0 Å². The van der Waals surface area contributed by atoms with Crippen LogP contribution in [-0.2, 0) is 17.9 Å². The van der Waals surface area contributed by atoms with Crippen molar-refractivity contribution in [3.05, 3.63) is 10.6 Å². The lowest BCUT2D eigenvalue weighted by Crippen LogP contribution is -2.17. The fourth-order valence-corrected chi connectivity index (χ4v) is 3.39. The van der Waals surface area contributed by atoms with Gasteiger partial charge in [-0.3, -0.25) is 0 Å². The smallest absolute Gasteiger partial charge is 0.185 e. The van der Waals surface area contributed by atoms with Gasteiger partial charge in [0.05, 0.1) is 12.3 Å². The van der Waals surface area contributed by atoms with Crippen molar-refractivity contribution in [1.82, 2.24) is 10.3 Å². The van der Waals surface area contributed by atoms with Gasteiger partial charge >= 0.3 is 0 Å². The minimum absolute atomic E-state index is 0.620. The number of nitrogens with one attached hydrogen (secondary N) is 1. The van der Waals surface area contributed by atoms with E-state index in [2.05, 4.69) is 17.1 Å². The maximum atomic E-state index is 5.27. The molecule has 1 aromatic rings. The molecule has 0 atom stereocenters. The summed E-state index contributed by atoms with van der Waals surface area (Å²) in [5.41, 5.74) is 1.11. The van der Waals surface area contributed by atoms with E-state index in [0.29, 0.717) is 6.61 Å². The van der Waals surface area contributed by atoms with Crippen LogP contribution in [0.4, 0.5) is 5.13 Å². The van der Waals surface area contributed by atoms with Gasteiger partial charge in [-0.15, -0.1) is 11.3 Å². The van der Waals surface area contributed by atoms with Gasteiger partial charge in [-0.2, -0.15) is 0 Å². The first-order valence-electron chi connectivity index (χ1n) is 7.28. The van der Waals surface area contributed by atoms with Crippen molar-refractivity contribution in [1.29, 1.82) is 0 Å². The first-order chi connectivity index (χ1) is 9.35. The lowest BCUT2D eigenvalue weighted by molar-refractivity contribution is 0.181.